The zero-order valence-electron chi connectivity index (χ0n) is 20.1. The van der Waals surface area contributed by atoms with Crippen LogP contribution >= 0.6 is 0 Å². The molecule has 0 aliphatic carbocycles. The summed E-state index contributed by atoms with van der Waals surface area (Å²) in [4.78, 5) is 13.6. The van der Waals surface area contributed by atoms with Crippen LogP contribution in [0.2, 0.25) is 0 Å². The summed E-state index contributed by atoms with van der Waals surface area (Å²) >= 11 is 0. The predicted octanol–water partition coefficient (Wildman–Crippen LogP) is 5.49. The maximum atomic E-state index is 13.6. The molecule has 33 heavy (non-hydrogen) atoms. The Morgan fingerprint density at radius 2 is 1.58 bits per heavy atom. The molecule has 0 unspecified atom stereocenters. The van der Waals surface area contributed by atoms with E-state index in [0.717, 1.165) is 16.7 Å². The lowest BCUT2D eigenvalue weighted by Gasteiger charge is -2.28. The first-order chi connectivity index (χ1) is 15.7. The van der Waals surface area contributed by atoms with Crippen molar-refractivity contribution in [2.45, 2.75) is 46.5 Å². The first kappa shape index (κ1) is 24.2. The lowest BCUT2D eigenvalue weighted by Crippen LogP contribution is -2.27. The number of carbonyl (C=O) groups excluding carboxylic acids is 1. The van der Waals surface area contributed by atoms with Crippen molar-refractivity contribution in [3.63, 3.8) is 0 Å². The van der Waals surface area contributed by atoms with Crippen LogP contribution < -0.4 is 14.2 Å². The molecule has 2 N–H and O–H groups in total. The summed E-state index contributed by atoms with van der Waals surface area (Å²) in [6.45, 7) is 8.03. The average molecular weight is 453 g/mol. The maximum absolute atomic E-state index is 13.6. The van der Waals surface area contributed by atoms with Crippen LogP contribution in [0.15, 0.2) is 41.5 Å². The Labute approximate surface area is 195 Å². The molecule has 0 bridgehead atoms. The molecule has 0 aromatic heterocycles. The Bertz CT molecular complexity index is 1120. The van der Waals surface area contributed by atoms with Crippen LogP contribution in [0.3, 0.4) is 0 Å². The quantitative estimate of drug-likeness (QED) is 0.540. The van der Waals surface area contributed by atoms with Gasteiger partial charge in [0.1, 0.15) is 40.9 Å². The van der Waals surface area contributed by atoms with Gasteiger partial charge in [-0.05, 0) is 52.2 Å². The van der Waals surface area contributed by atoms with Crippen molar-refractivity contribution >= 4 is 5.78 Å². The zero-order chi connectivity index (χ0) is 24.3. The lowest BCUT2D eigenvalue weighted by molar-refractivity contribution is 0.0888. The van der Waals surface area contributed by atoms with Crippen molar-refractivity contribution in [1.82, 2.24) is 0 Å². The van der Waals surface area contributed by atoms with Gasteiger partial charge in [0.2, 0.25) is 0 Å². The molecular formula is C27H32O6. The molecule has 0 saturated heterocycles. The number of rotatable bonds is 7. The highest BCUT2D eigenvalue weighted by atomic mass is 16.5. The number of hydrogen-bond donors (Lipinski definition) is 2. The van der Waals surface area contributed by atoms with Crippen LogP contribution in [0, 0.1) is 0 Å². The highest BCUT2D eigenvalue weighted by Crippen LogP contribution is 2.46. The Hall–Kier alpha value is -3.41. The van der Waals surface area contributed by atoms with E-state index in [2.05, 4.69) is 6.08 Å². The topological polar surface area (TPSA) is 85.2 Å². The molecule has 1 atom stereocenters. The molecule has 176 valence electrons. The van der Waals surface area contributed by atoms with Gasteiger partial charge in [0.05, 0.1) is 20.1 Å². The van der Waals surface area contributed by atoms with Gasteiger partial charge >= 0.3 is 0 Å². The summed E-state index contributed by atoms with van der Waals surface area (Å²) < 4.78 is 16.9. The smallest absolute Gasteiger partial charge is 0.181 e. The first-order valence-corrected chi connectivity index (χ1v) is 10.9. The zero-order valence-corrected chi connectivity index (χ0v) is 20.1. The summed E-state index contributed by atoms with van der Waals surface area (Å²) in [5.74, 6) is 0.0452. The Balaban J connectivity index is 2.09. The standard InChI is InChI=1S/C27H32O6/c1-15(2)7-9-17-11-19(21(28)12-23(17)31-5)20-14-33-27-18(10-8-16(3)4)24(32-6)13-22(29)25(27)26(20)30/h7-8,11-13,20,28-29H,9-10,14H2,1-6H3/t20-/m0/s1. The molecule has 0 spiro atoms. The fourth-order valence-corrected chi connectivity index (χ4v) is 3.96. The van der Waals surface area contributed by atoms with Gasteiger partial charge in [-0.2, -0.15) is 0 Å². The maximum Gasteiger partial charge on any atom is 0.181 e. The molecule has 3 rings (SSSR count). The normalized spacial score (nSPS) is 14.7. The fourth-order valence-electron chi connectivity index (χ4n) is 3.96. The minimum absolute atomic E-state index is 0.0439. The molecule has 1 aliphatic heterocycles. The molecular weight excluding hydrogens is 420 g/mol. The van der Waals surface area contributed by atoms with Gasteiger partial charge in [0.15, 0.2) is 5.78 Å². The van der Waals surface area contributed by atoms with Gasteiger partial charge in [0.25, 0.3) is 0 Å². The van der Waals surface area contributed by atoms with Gasteiger partial charge in [-0.3, -0.25) is 4.79 Å². The molecule has 0 fully saturated rings. The largest absolute Gasteiger partial charge is 0.508 e. The number of allylic oxidation sites excluding steroid dienone is 4. The number of ether oxygens (including phenoxy) is 3. The van der Waals surface area contributed by atoms with E-state index in [1.54, 1.807) is 13.2 Å². The molecule has 6 nitrogen and oxygen atoms in total. The summed E-state index contributed by atoms with van der Waals surface area (Å²) in [5, 5.41) is 21.4. The Morgan fingerprint density at radius 1 is 0.970 bits per heavy atom. The third-order valence-electron chi connectivity index (χ3n) is 5.75. The molecule has 2 aromatic carbocycles. The van der Waals surface area contributed by atoms with Gasteiger partial charge in [-0.1, -0.05) is 23.3 Å². The number of methoxy groups -OCH3 is 2. The van der Waals surface area contributed by atoms with E-state index >= 15 is 0 Å². The van der Waals surface area contributed by atoms with E-state index in [0.29, 0.717) is 41.2 Å². The van der Waals surface area contributed by atoms with Gasteiger partial charge in [-0.15, -0.1) is 0 Å². The van der Waals surface area contributed by atoms with Crippen LogP contribution in [0.5, 0.6) is 28.7 Å². The SMILES string of the molecule is COc1cc(O)c([C@@H]2COc3c(CC=C(C)C)c(OC)cc(O)c3C2=O)cc1CC=C(C)C. The number of aromatic hydroxyl groups is 2. The number of carbonyl (C=O) groups is 1. The third-order valence-corrected chi connectivity index (χ3v) is 5.75. The van der Waals surface area contributed by atoms with Crippen molar-refractivity contribution in [2.24, 2.45) is 0 Å². The minimum Gasteiger partial charge on any atom is -0.508 e. The van der Waals surface area contributed by atoms with Crippen LogP contribution in [-0.4, -0.2) is 36.8 Å². The van der Waals surface area contributed by atoms with Crippen molar-refractivity contribution in [3.8, 4) is 28.7 Å². The van der Waals surface area contributed by atoms with Crippen LogP contribution in [0.4, 0.5) is 0 Å². The molecule has 6 heteroatoms. The third kappa shape index (κ3) is 5.00. The van der Waals surface area contributed by atoms with Crippen LogP contribution in [0.25, 0.3) is 0 Å². The molecule has 1 aliphatic rings. The van der Waals surface area contributed by atoms with E-state index in [9.17, 15) is 15.0 Å². The molecule has 0 radical (unpaired) electrons. The number of phenols is 2. The van der Waals surface area contributed by atoms with Crippen LogP contribution in [0.1, 0.15) is 60.7 Å². The van der Waals surface area contributed by atoms with E-state index in [4.69, 9.17) is 14.2 Å². The summed E-state index contributed by atoms with van der Waals surface area (Å²) in [5.41, 5.74) is 4.40. The summed E-state index contributed by atoms with van der Waals surface area (Å²) in [6.07, 6.45) is 5.18. The number of Topliss-reactive ketones (excluding diaryl/α,β-unsaturated/α-hetero) is 1. The van der Waals surface area contributed by atoms with Gasteiger partial charge in [-0.25, -0.2) is 0 Å². The number of phenolic OH excluding ortho intramolecular Hbond substituents is 2. The monoisotopic (exact) mass is 452 g/mol. The fraction of sp³-hybridized carbons (Fsp3) is 0.370. The number of hydrogen-bond acceptors (Lipinski definition) is 6. The molecule has 0 saturated carbocycles. The molecule has 1 heterocycles. The van der Waals surface area contributed by atoms with E-state index in [1.807, 2.05) is 33.8 Å². The van der Waals surface area contributed by atoms with Crippen molar-refractivity contribution in [2.75, 3.05) is 20.8 Å². The van der Waals surface area contributed by atoms with Crippen molar-refractivity contribution < 1.29 is 29.2 Å². The van der Waals surface area contributed by atoms with E-state index < -0.39 is 5.92 Å². The van der Waals surface area contributed by atoms with Crippen molar-refractivity contribution in [1.29, 1.82) is 0 Å². The lowest BCUT2D eigenvalue weighted by atomic mass is 9.85. The number of ketones is 1. The minimum atomic E-state index is -0.760. The Morgan fingerprint density at radius 3 is 2.18 bits per heavy atom. The predicted molar refractivity (Wildman–Crippen MR) is 128 cm³/mol. The number of fused-ring (bicyclic) bond motifs is 1. The van der Waals surface area contributed by atoms with Gasteiger partial charge < -0.3 is 24.4 Å². The molecule has 2 aromatic rings. The highest BCUT2D eigenvalue weighted by molar-refractivity contribution is 6.07. The second kappa shape index (κ2) is 10.0. The summed E-state index contributed by atoms with van der Waals surface area (Å²) in [6, 6.07) is 4.76. The second-order valence-electron chi connectivity index (χ2n) is 8.70. The van der Waals surface area contributed by atoms with Crippen molar-refractivity contribution in [3.05, 3.63) is 63.8 Å². The second-order valence-corrected chi connectivity index (χ2v) is 8.70. The summed E-state index contributed by atoms with van der Waals surface area (Å²) in [7, 11) is 3.06. The van der Waals surface area contributed by atoms with E-state index in [-0.39, 0.29) is 29.5 Å². The molecule has 0 amide bonds. The average Bonchev–Trinajstić information content (AvgIpc) is 2.77. The highest BCUT2D eigenvalue weighted by Gasteiger charge is 2.37. The Kier molecular flexibility index (Phi) is 7.36. The number of benzene rings is 2. The first-order valence-electron chi connectivity index (χ1n) is 10.9. The van der Waals surface area contributed by atoms with Gasteiger partial charge in [0, 0.05) is 23.3 Å². The van der Waals surface area contributed by atoms with Crippen LogP contribution in [-0.2, 0) is 12.8 Å². The van der Waals surface area contributed by atoms with E-state index in [1.165, 1.54) is 19.2 Å².